The lowest BCUT2D eigenvalue weighted by molar-refractivity contribution is -0.125. The van der Waals surface area contributed by atoms with E-state index in [0.717, 1.165) is 16.5 Å². The summed E-state index contributed by atoms with van der Waals surface area (Å²) >= 11 is 9.22. The van der Waals surface area contributed by atoms with E-state index in [1.165, 1.54) is 0 Å². The molecule has 3 heteroatoms. The number of hydrogen-bond donors (Lipinski definition) is 0. The molecule has 1 nitrogen and oxygen atoms in total. The maximum absolute atomic E-state index is 11.7. The third-order valence-electron chi connectivity index (χ3n) is 3.98. The summed E-state index contributed by atoms with van der Waals surface area (Å²) in [5.41, 5.74) is 0.586. The molecule has 1 aliphatic rings. The van der Waals surface area contributed by atoms with E-state index < -0.39 is 5.41 Å². The van der Waals surface area contributed by atoms with Crippen LogP contribution < -0.4 is 0 Å². The fraction of sp³-hybridized carbons (Fsp3) is 0.462. The summed E-state index contributed by atoms with van der Waals surface area (Å²) in [5.74, 6) is 0.880. The van der Waals surface area contributed by atoms with Gasteiger partial charge in [-0.05, 0) is 47.6 Å². The van der Waals surface area contributed by atoms with Gasteiger partial charge < -0.3 is 0 Å². The quantitative estimate of drug-likeness (QED) is 0.751. The average molecular weight is 302 g/mol. The summed E-state index contributed by atoms with van der Waals surface area (Å²) < 4.78 is 1.02. The van der Waals surface area contributed by atoms with Crippen molar-refractivity contribution in [3.05, 3.63) is 34.3 Å². The van der Waals surface area contributed by atoms with E-state index in [2.05, 4.69) is 29.8 Å². The molecular weight excluding hydrogens is 287 g/mol. The van der Waals surface area contributed by atoms with Crippen LogP contribution in [0.15, 0.2) is 28.7 Å². The summed E-state index contributed by atoms with van der Waals surface area (Å²) in [4.78, 5) is 11.7. The van der Waals surface area contributed by atoms with Crippen molar-refractivity contribution in [3.8, 4) is 0 Å². The average Bonchev–Trinajstić information content (AvgIpc) is 2.26. The van der Waals surface area contributed by atoms with Crippen LogP contribution in [0.4, 0.5) is 0 Å². The second-order valence-electron chi connectivity index (χ2n) is 4.72. The van der Waals surface area contributed by atoms with Gasteiger partial charge in [0.1, 0.15) is 0 Å². The Kier molecular flexibility index (Phi) is 3.15. The fourth-order valence-electron chi connectivity index (χ4n) is 2.70. The molecule has 1 aromatic rings. The van der Waals surface area contributed by atoms with Gasteiger partial charge in [-0.1, -0.05) is 41.9 Å². The molecule has 0 aromatic heterocycles. The minimum atomic E-state index is -0.457. The van der Waals surface area contributed by atoms with Gasteiger partial charge in [-0.15, -0.1) is 0 Å². The Labute approximate surface area is 109 Å². The van der Waals surface area contributed by atoms with Gasteiger partial charge in [0.15, 0.2) is 0 Å². The zero-order valence-electron chi connectivity index (χ0n) is 9.34. The standard InChI is InChI=1S/C13H14BrClO/c1-8-7-13(9(8)2,12(15)16)10-3-5-11(14)6-4-10/h3-6,8-9H,7H2,1-2H3. The highest BCUT2D eigenvalue weighted by molar-refractivity contribution is 9.10. The lowest BCUT2D eigenvalue weighted by atomic mass is 9.53. The van der Waals surface area contributed by atoms with Crippen LogP contribution in [0.5, 0.6) is 0 Å². The smallest absolute Gasteiger partial charge is 0.232 e. The Hall–Kier alpha value is -0.340. The predicted octanol–water partition coefficient (Wildman–Crippen LogP) is 4.13. The van der Waals surface area contributed by atoms with Crippen molar-refractivity contribution < 1.29 is 4.79 Å². The molecule has 0 N–H and O–H groups in total. The van der Waals surface area contributed by atoms with Crippen LogP contribution in [0, 0.1) is 11.8 Å². The normalized spacial score (nSPS) is 33.2. The van der Waals surface area contributed by atoms with Gasteiger partial charge in [-0.2, -0.15) is 0 Å². The van der Waals surface area contributed by atoms with E-state index in [1.807, 2.05) is 24.3 Å². The monoisotopic (exact) mass is 300 g/mol. The summed E-state index contributed by atoms with van der Waals surface area (Å²) in [7, 11) is 0. The van der Waals surface area contributed by atoms with Crippen molar-refractivity contribution in [2.45, 2.75) is 25.7 Å². The van der Waals surface area contributed by atoms with Crippen LogP contribution in [-0.2, 0) is 10.2 Å². The summed E-state index contributed by atoms with van der Waals surface area (Å²) in [5, 5.41) is -0.222. The predicted molar refractivity (Wildman–Crippen MR) is 69.6 cm³/mol. The van der Waals surface area contributed by atoms with Gasteiger partial charge in [-0.25, -0.2) is 0 Å². The number of halogens is 2. The molecule has 0 radical (unpaired) electrons. The van der Waals surface area contributed by atoms with Crippen LogP contribution >= 0.6 is 27.5 Å². The summed E-state index contributed by atoms with van der Waals surface area (Å²) in [6.45, 7) is 4.28. The van der Waals surface area contributed by atoms with E-state index in [4.69, 9.17) is 11.6 Å². The topological polar surface area (TPSA) is 17.1 Å². The van der Waals surface area contributed by atoms with Crippen molar-refractivity contribution in [1.29, 1.82) is 0 Å². The minimum Gasteiger partial charge on any atom is -0.280 e. The first kappa shape index (κ1) is 12.1. The van der Waals surface area contributed by atoms with Gasteiger partial charge in [0.25, 0.3) is 0 Å². The molecule has 0 spiro atoms. The Morgan fingerprint density at radius 1 is 1.38 bits per heavy atom. The molecular formula is C13H14BrClO. The van der Waals surface area contributed by atoms with E-state index in [0.29, 0.717) is 11.8 Å². The van der Waals surface area contributed by atoms with E-state index in [-0.39, 0.29) is 5.24 Å². The Morgan fingerprint density at radius 2 is 1.94 bits per heavy atom. The number of hydrogen-bond acceptors (Lipinski definition) is 1. The summed E-state index contributed by atoms with van der Waals surface area (Å²) in [6, 6.07) is 7.92. The number of benzene rings is 1. The molecule has 0 saturated heterocycles. The number of rotatable bonds is 2. The Morgan fingerprint density at radius 3 is 2.31 bits per heavy atom. The summed E-state index contributed by atoms with van der Waals surface area (Å²) in [6.07, 6.45) is 0.859. The van der Waals surface area contributed by atoms with Gasteiger partial charge in [0.05, 0.1) is 5.41 Å². The van der Waals surface area contributed by atoms with Gasteiger partial charge in [-0.3, -0.25) is 4.79 Å². The third kappa shape index (κ3) is 1.63. The molecule has 1 fully saturated rings. The number of carbonyl (C=O) groups excluding carboxylic acids is 1. The zero-order chi connectivity index (χ0) is 11.9. The molecule has 1 aromatic carbocycles. The molecule has 2 rings (SSSR count). The SMILES string of the molecule is CC1CC(C(=O)Cl)(c2ccc(Br)cc2)C1C. The molecule has 1 saturated carbocycles. The van der Waals surface area contributed by atoms with Crippen LogP contribution in [0.1, 0.15) is 25.8 Å². The highest BCUT2D eigenvalue weighted by Crippen LogP contribution is 2.53. The van der Waals surface area contributed by atoms with Crippen LogP contribution in [0.25, 0.3) is 0 Å². The molecule has 3 atom stereocenters. The third-order valence-corrected chi connectivity index (χ3v) is 4.85. The van der Waals surface area contributed by atoms with Crippen molar-refractivity contribution >= 4 is 32.8 Å². The lowest BCUT2D eigenvalue weighted by Gasteiger charge is -2.50. The van der Waals surface area contributed by atoms with Gasteiger partial charge in [0.2, 0.25) is 5.24 Å². The van der Waals surface area contributed by atoms with E-state index in [1.54, 1.807) is 0 Å². The van der Waals surface area contributed by atoms with E-state index >= 15 is 0 Å². The highest BCUT2D eigenvalue weighted by Gasteiger charge is 2.54. The van der Waals surface area contributed by atoms with Crippen LogP contribution in [0.2, 0.25) is 0 Å². The second kappa shape index (κ2) is 4.15. The van der Waals surface area contributed by atoms with Crippen molar-refractivity contribution in [2.24, 2.45) is 11.8 Å². The maximum Gasteiger partial charge on any atom is 0.232 e. The van der Waals surface area contributed by atoms with Crippen molar-refractivity contribution in [2.75, 3.05) is 0 Å². The van der Waals surface area contributed by atoms with Crippen molar-refractivity contribution in [1.82, 2.24) is 0 Å². The van der Waals surface area contributed by atoms with Gasteiger partial charge in [0, 0.05) is 4.47 Å². The maximum atomic E-state index is 11.7. The molecule has 86 valence electrons. The van der Waals surface area contributed by atoms with Crippen molar-refractivity contribution in [3.63, 3.8) is 0 Å². The van der Waals surface area contributed by atoms with Crippen LogP contribution in [0.3, 0.4) is 0 Å². The first-order chi connectivity index (χ1) is 7.48. The lowest BCUT2D eigenvalue weighted by Crippen LogP contribution is -2.53. The largest absolute Gasteiger partial charge is 0.280 e. The highest BCUT2D eigenvalue weighted by atomic mass is 79.9. The molecule has 0 heterocycles. The van der Waals surface area contributed by atoms with E-state index in [9.17, 15) is 4.79 Å². The minimum absolute atomic E-state index is 0.222. The molecule has 16 heavy (non-hydrogen) atoms. The molecule has 3 unspecified atom stereocenters. The zero-order valence-corrected chi connectivity index (χ0v) is 11.7. The molecule has 0 aliphatic heterocycles. The fourth-order valence-corrected chi connectivity index (χ4v) is 3.32. The molecule has 0 bridgehead atoms. The Balaban J connectivity index is 2.42. The Bertz CT molecular complexity index is 414. The second-order valence-corrected chi connectivity index (χ2v) is 5.98. The molecule has 0 amide bonds. The first-order valence-corrected chi connectivity index (χ1v) is 6.61. The van der Waals surface area contributed by atoms with Gasteiger partial charge >= 0.3 is 0 Å². The first-order valence-electron chi connectivity index (χ1n) is 5.44. The number of carbonyl (C=O) groups is 1. The van der Waals surface area contributed by atoms with Crippen LogP contribution in [-0.4, -0.2) is 5.24 Å². The molecule has 1 aliphatic carbocycles.